The second-order valence-electron chi connectivity index (χ2n) is 4.45. The fraction of sp³-hybridized carbons (Fsp3) is 0.400. The van der Waals surface area contributed by atoms with Crippen LogP contribution in [-0.2, 0) is 14.3 Å². The molecule has 0 saturated heterocycles. The summed E-state index contributed by atoms with van der Waals surface area (Å²) in [6, 6.07) is 9.52. The van der Waals surface area contributed by atoms with Crippen molar-refractivity contribution in [2.75, 3.05) is 7.11 Å². The van der Waals surface area contributed by atoms with E-state index in [2.05, 4.69) is 10.1 Å². The molecule has 2 N–H and O–H groups in total. The largest absolute Gasteiger partial charge is 0.467 e. The average Bonchev–Trinajstić information content (AvgIpc) is 2.53. The minimum absolute atomic E-state index is 0.282. The molecule has 0 aromatic heterocycles. The monoisotopic (exact) mass is 290 g/mol. The van der Waals surface area contributed by atoms with Crippen LogP contribution in [0.2, 0.25) is 0 Å². The Morgan fingerprint density at radius 1 is 1.38 bits per heavy atom. The van der Waals surface area contributed by atoms with E-state index >= 15 is 0 Å². The van der Waals surface area contributed by atoms with Crippen LogP contribution in [-0.4, -0.2) is 30.1 Å². The summed E-state index contributed by atoms with van der Waals surface area (Å²) in [6.45, 7) is 0. The first-order valence-electron chi connectivity index (χ1n) is 6.58. The van der Waals surface area contributed by atoms with Crippen LogP contribution in [0.3, 0.4) is 0 Å². The maximum Gasteiger partial charge on any atom is 0.328 e. The molecule has 1 amide bonds. The smallest absolute Gasteiger partial charge is 0.328 e. The highest BCUT2D eigenvalue weighted by Gasteiger charge is 2.25. The molecule has 21 heavy (non-hydrogen) atoms. The number of amides is 1. The molecule has 0 saturated carbocycles. The van der Waals surface area contributed by atoms with Gasteiger partial charge in [0.15, 0.2) is 6.10 Å². The number of carbonyl (C=O) groups is 2. The molecule has 0 fully saturated rings. The Balaban J connectivity index is 2.67. The molecule has 0 unspecified atom stereocenters. The minimum atomic E-state index is -1.35. The van der Waals surface area contributed by atoms with Gasteiger partial charge in [-0.1, -0.05) is 30.3 Å². The zero-order valence-corrected chi connectivity index (χ0v) is 11.8. The van der Waals surface area contributed by atoms with E-state index in [0.29, 0.717) is 12.0 Å². The summed E-state index contributed by atoms with van der Waals surface area (Å²) in [6.07, 6.45) is -0.329. The third kappa shape index (κ3) is 5.24. The predicted octanol–water partition coefficient (Wildman–Crippen LogP) is 1.07. The average molecular weight is 290 g/mol. The Hall–Kier alpha value is -2.39. The molecule has 112 valence electrons. The van der Waals surface area contributed by atoms with Crippen molar-refractivity contribution < 1.29 is 19.4 Å². The topological polar surface area (TPSA) is 99.4 Å². The molecule has 1 aromatic rings. The molecular weight excluding hydrogens is 272 g/mol. The first kappa shape index (κ1) is 16.7. The molecule has 0 heterocycles. The SMILES string of the molecule is COC(=O)[C@@H](CCCC#N)NC(=O)[C@@H](O)c1ccccc1. The number of aliphatic hydroxyl groups is 1. The van der Waals surface area contributed by atoms with E-state index < -0.39 is 24.0 Å². The quantitative estimate of drug-likeness (QED) is 0.578. The number of nitrogens with zero attached hydrogens (tertiary/aromatic N) is 1. The number of unbranched alkanes of at least 4 members (excludes halogenated alkanes) is 1. The molecule has 1 rings (SSSR count). The number of esters is 1. The molecule has 2 atom stereocenters. The van der Waals surface area contributed by atoms with Crippen LogP contribution >= 0.6 is 0 Å². The molecular formula is C15H18N2O4. The van der Waals surface area contributed by atoms with Gasteiger partial charge in [0.2, 0.25) is 0 Å². The molecule has 0 aliphatic heterocycles. The van der Waals surface area contributed by atoms with Gasteiger partial charge in [-0.3, -0.25) is 4.79 Å². The number of aliphatic hydroxyl groups excluding tert-OH is 1. The number of benzene rings is 1. The summed E-state index contributed by atoms with van der Waals surface area (Å²) < 4.78 is 4.61. The molecule has 0 aliphatic carbocycles. The highest BCUT2D eigenvalue weighted by Crippen LogP contribution is 2.13. The summed E-state index contributed by atoms with van der Waals surface area (Å²) in [7, 11) is 1.22. The first-order chi connectivity index (χ1) is 10.1. The number of rotatable bonds is 7. The van der Waals surface area contributed by atoms with E-state index in [0.717, 1.165) is 0 Å². The van der Waals surface area contributed by atoms with Gasteiger partial charge in [0, 0.05) is 6.42 Å². The third-order valence-electron chi connectivity index (χ3n) is 2.95. The molecule has 6 nitrogen and oxygen atoms in total. The van der Waals surface area contributed by atoms with Gasteiger partial charge in [0.05, 0.1) is 13.2 Å². The highest BCUT2D eigenvalue weighted by molar-refractivity contribution is 5.87. The number of ether oxygens (including phenoxy) is 1. The fourth-order valence-electron chi connectivity index (χ4n) is 1.81. The molecule has 0 aliphatic rings. The number of nitrogens with one attached hydrogen (secondary N) is 1. The number of hydrogen-bond acceptors (Lipinski definition) is 5. The van der Waals surface area contributed by atoms with Crippen LogP contribution in [0.4, 0.5) is 0 Å². The van der Waals surface area contributed by atoms with Crippen LogP contribution in [0.5, 0.6) is 0 Å². The molecule has 0 radical (unpaired) electrons. The summed E-state index contributed by atoms with van der Waals surface area (Å²) >= 11 is 0. The van der Waals surface area contributed by atoms with Crippen molar-refractivity contribution in [3.05, 3.63) is 35.9 Å². The lowest BCUT2D eigenvalue weighted by atomic mass is 10.1. The van der Waals surface area contributed by atoms with Crippen molar-refractivity contribution in [1.82, 2.24) is 5.32 Å². The van der Waals surface area contributed by atoms with E-state index in [1.54, 1.807) is 30.3 Å². The zero-order chi connectivity index (χ0) is 15.7. The molecule has 0 spiro atoms. The van der Waals surface area contributed by atoms with Gasteiger partial charge >= 0.3 is 5.97 Å². The normalized spacial score (nSPS) is 12.8. The van der Waals surface area contributed by atoms with E-state index in [9.17, 15) is 14.7 Å². The van der Waals surface area contributed by atoms with E-state index in [1.165, 1.54) is 7.11 Å². The summed E-state index contributed by atoms with van der Waals surface area (Å²) in [5.74, 6) is -1.27. The number of methoxy groups -OCH3 is 1. The molecule has 6 heteroatoms. The van der Waals surface area contributed by atoms with Crippen LogP contribution in [0, 0.1) is 11.3 Å². The van der Waals surface area contributed by atoms with Crippen molar-refractivity contribution >= 4 is 11.9 Å². The Morgan fingerprint density at radius 2 is 2.05 bits per heavy atom. The number of carbonyl (C=O) groups excluding carboxylic acids is 2. The molecule has 1 aromatic carbocycles. The Bertz CT molecular complexity index is 510. The summed E-state index contributed by atoms with van der Waals surface area (Å²) in [5, 5.41) is 20.9. The fourth-order valence-corrected chi connectivity index (χ4v) is 1.81. The van der Waals surface area contributed by atoms with Crippen LogP contribution < -0.4 is 5.32 Å². The van der Waals surface area contributed by atoms with Crippen molar-refractivity contribution in [2.24, 2.45) is 0 Å². The lowest BCUT2D eigenvalue weighted by Crippen LogP contribution is -2.43. The highest BCUT2D eigenvalue weighted by atomic mass is 16.5. The Kier molecular flexibility index (Phi) is 6.92. The van der Waals surface area contributed by atoms with Gasteiger partial charge in [-0.25, -0.2) is 4.79 Å². The van der Waals surface area contributed by atoms with E-state index in [4.69, 9.17) is 5.26 Å². The van der Waals surface area contributed by atoms with Gasteiger partial charge in [-0.2, -0.15) is 5.26 Å². The standard InChI is InChI=1S/C15H18N2O4/c1-21-15(20)12(9-5-6-10-16)17-14(19)13(18)11-7-3-2-4-8-11/h2-4,7-8,12-13,18H,5-6,9H2,1H3,(H,17,19)/t12-,13+/m1/s1. The first-order valence-corrected chi connectivity index (χ1v) is 6.58. The maximum atomic E-state index is 12.0. The zero-order valence-electron chi connectivity index (χ0n) is 11.8. The Labute approximate surface area is 123 Å². The van der Waals surface area contributed by atoms with Crippen molar-refractivity contribution in [1.29, 1.82) is 5.26 Å². The van der Waals surface area contributed by atoms with Crippen LogP contribution in [0.15, 0.2) is 30.3 Å². The summed E-state index contributed by atoms with van der Waals surface area (Å²) in [4.78, 5) is 23.6. The van der Waals surface area contributed by atoms with Gasteiger partial charge < -0.3 is 15.2 Å². The van der Waals surface area contributed by atoms with Gasteiger partial charge in [-0.15, -0.1) is 0 Å². The van der Waals surface area contributed by atoms with Crippen LogP contribution in [0.25, 0.3) is 0 Å². The minimum Gasteiger partial charge on any atom is -0.467 e. The van der Waals surface area contributed by atoms with E-state index in [1.807, 2.05) is 6.07 Å². The van der Waals surface area contributed by atoms with Crippen molar-refractivity contribution in [2.45, 2.75) is 31.4 Å². The predicted molar refractivity (Wildman–Crippen MR) is 74.8 cm³/mol. The lowest BCUT2D eigenvalue weighted by molar-refractivity contribution is -0.146. The third-order valence-corrected chi connectivity index (χ3v) is 2.95. The maximum absolute atomic E-state index is 12.0. The lowest BCUT2D eigenvalue weighted by Gasteiger charge is -2.18. The van der Waals surface area contributed by atoms with Crippen molar-refractivity contribution in [3.8, 4) is 6.07 Å². The second-order valence-corrected chi connectivity index (χ2v) is 4.45. The Morgan fingerprint density at radius 3 is 2.62 bits per heavy atom. The van der Waals surface area contributed by atoms with Crippen molar-refractivity contribution in [3.63, 3.8) is 0 Å². The van der Waals surface area contributed by atoms with Crippen LogP contribution in [0.1, 0.15) is 30.9 Å². The van der Waals surface area contributed by atoms with Gasteiger partial charge in [-0.05, 0) is 18.4 Å². The van der Waals surface area contributed by atoms with Gasteiger partial charge in [0.1, 0.15) is 6.04 Å². The summed E-state index contributed by atoms with van der Waals surface area (Å²) in [5.41, 5.74) is 0.440. The number of hydrogen-bond donors (Lipinski definition) is 2. The number of nitriles is 1. The van der Waals surface area contributed by atoms with Gasteiger partial charge in [0.25, 0.3) is 5.91 Å². The molecule has 0 bridgehead atoms. The second kappa shape index (κ2) is 8.72. The van der Waals surface area contributed by atoms with E-state index in [-0.39, 0.29) is 12.8 Å².